The van der Waals surface area contributed by atoms with E-state index in [2.05, 4.69) is 55.4 Å². The Hall–Kier alpha value is -2.36. The standard InChI is InChI=1S/C37H56O4/c1-22(2)13-11-17-36(9)19-15-28-30(32(38)24(5)26(7)34(28)40-36)21-31-29-16-20-37(10,18-12-14-23(3)4)41-35(29)27(8)25(6)33(31)39/h22-23,38-39H,11-21H2,1-10H3. The van der Waals surface area contributed by atoms with Crippen LogP contribution < -0.4 is 9.47 Å². The van der Waals surface area contributed by atoms with Crippen LogP contribution in [-0.2, 0) is 19.3 Å². The molecule has 41 heavy (non-hydrogen) atoms. The van der Waals surface area contributed by atoms with Gasteiger partial charge in [-0.3, -0.25) is 0 Å². The van der Waals surface area contributed by atoms with E-state index in [-0.39, 0.29) is 11.2 Å². The topological polar surface area (TPSA) is 58.9 Å². The SMILES string of the molecule is Cc1c(C)c2c(c(Cc3c(O)c(C)c(C)c4c3CCC(C)(CCCC(C)C)O4)c1O)CCC(C)(CCCC(C)C)O2. The van der Waals surface area contributed by atoms with Crippen LogP contribution in [0.15, 0.2) is 0 Å². The van der Waals surface area contributed by atoms with E-state index in [0.29, 0.717) is 29.8 Å². The molecule has 0 fully saturated rings. The first-order valence-electron chi connectivity index (χ1n) is 16.2. The number of fused-ring (bicyclic) bond motifs is 2. The van der Waals surface area contributed by atoms with Crippen molar-refractivity contribution in [3.63, 3.8) is 0 Å². The molecule has 0 radical (unpaired) electrons. The zero-order valence-electron chi connectivity index (χ0n) is 27.6. The summed E-state index contributed by atoms with van der Waals surface area (Å²) in [6.45, 7) is 21.7. The average Bonchev–Trinajstić information content (AvgIpc) is 2.90. The number of aromatic hydroxyl groups is 2. The monoisotopic (exact) mass is 564 g/mol. The highest BCUT2D eigenvalue weighted by Gasteiger charge is 2.38. The van der Waals surface area contributed by atoms with Crippen LogP contribution in [0.4, 0.5) is 0 Å². The minimum Gasteiger partial charge on any atom is -0.507 e. The maximum Gasteiger partial charge on any atom is 0.127 e. The van der Waals surface area contributed by atoms with Gasteiger partial charge in [0, 0.05) is 28.7 Å². The smallest absolute Gasteiger partial charge is 0.127 e. The lowest BCUT2D eigenvalue weighted by atomic mass is 9.80. The summed E-state index contributed by atoms with van der Waals surface area (Å²) in [5.74, 6) is 3.96. The van der Waals surface area contributed by atoms with Crippen molar-refractivity contribution in [1.82, 2.24) is 0 Å². The van der Waals surface area contributed by atoms with Crippen LogP contribution >= 0.6 is 0 Å². The summed E-state index contributed by atoms with van der Waals surface area (Å²) >= 11 is 0. The Bertz CT molecular complexity index is 1180. The molecule has 0 spiro atoms. The molecular formula is C37H56O4. The largest absolute Gasteiger partial charge is 0.507 e. The van der Waals surface area contributed by atoms with E-state index in [0.717, 1.165) is 107 Å². The molecule has 0 aliphatic carbocycles. The zero-order chi connectivity index (χ0) is 30.3. The molecule has 2 unspecified atom stereocenters. The molecular weight excluding hydrogens is 508 g/mol. The van der Waals surface area contributed by atoms with E-state index in [1.165, 1.54) is 12.8 Å². The van der Waals surface area contributed by atoms with Crippen molar-refractivity contribution >= 4 is 0 Å². The summed E-state index contributed by atoms with van der Waals surface area (Å²) in [6, 6.07) is 0. The molecule has 2 N–H and O–H groups in total. The maximum absolute atomic E-state index is 11.5. The molecule has 2 aliphatic heterocycles. The summed E-state index contributed by atoms with van der Waals surface area (Å²) in [7, 11) is 0. The van der Waals surface area contributed by atoms with Crippen LogP contribution in [0.3, 0.4) is 0 Å². The number of hydrogen-bond donors (Lipinski definition) is 2. The van der Waals surface area contributed by atoms with Gasteiger partial charge in [-0.1, -0.05) is 40.5 Å². The van der Waals surface area contributed by atoms with E-state index in [4.69, 9.17) is 9.47 Å². The lowest BCUT2D eigenvalue weighted by molar-refractivity contribution is 0.0513. The molecule has 2 aliphatic rings. The van der Waals surface area contributed by atoms with Crippen molar-refractivity contribution in [2.75, 3.05) is 0 Å². The lowest BCUT2D eigenvalue weighted by Crippen LogP contribution is -2.37. The Labute approximate surface area is 249 Å². The van der Waals surface area contributed by atoms with Crippen molar-refractivity contribution in [2.45, 2.75) is 151 Å². The van der Waals surface area contributed by atoms with Gasteiger partial charge >= 0.3 is 0 Å². The number of rotatable bonds is 10. The van der Waals surface area contributed by atoms with Gasteiger partial charge < -0.3 is 19.7 Å². The second-order valence-electron chi connectivity index (χ2n) is 14.6. The summed E-state index contributed by atoms with van der Waals surface area (Å²) in [5, 5.41) is 23.0. The summed E-state index contributed by atoms with van der Waals surface area (Å²) in [6.07, 6.45) is 10.9. The van der Waals surface area contributed by atoms with Gasteiger partial charge in [0.05, 0.1) is 0 Å². The third-order valence-electron chi connectivity index (χ3n) is 10.2. The fraction of sp³-hybridized carbons (Fsp3) is 0.676. The predicted molar refractivity (Wildman–Crippen MR) is 170 cm³/mol. The average molecular weight is 565 g/mol. The number of hydrogen-bond acceptors (Lipinski definition) is 4. The predicted octanol–water partition coefficient (Wildman–Crippen LogP) is 9.74. The maximum atomic E-state index is 11.5. The number of phenolic OH excluding ortho intramolecular Hbond substituents is 2. The van der Waals surface area contributed by atoms with Gasteiger partial charge in [-0.25, -0.2) is 0 Å². The Morgan fingerprint density at radius 1 is 0.634 bits per heavy atom. The highest BCUT2D eigenvalue weighted by atomic mass is 16.5. The van der Waals surface area contributed by atoms with Crippen LogP contribution in [-0.4, -0.2) is 21.4 Å². The minimum absolute atomic E-state index is 0.192. The number of benzene rings is 2. The molecule has 0 saturated heterocycles. The van der Waals surface area contributed by atoms with Gasteiger partial charge in [0.15, 0.2) is 0 Å². The van der Waals surface area contributed by atoms with Gasteiger partial charge in [-0.05, 0) is 127 Å². The molecule has 2 aromatic rings. The van der Waals surface area contributed by atoms with Crippen LogP contribution in [0.1, 0.15) is 137 Å². The first-order chi connectivity index (χ1) is 19.2. The van der Waals surface area contributed by atoms with Crippen molar-refractivity contribution in [2.24, 2.45) is 11.8 Å². The molecule has 0 amide bonds. The van der Waals surface area contributed by atoms with E-state index < -0.39 is 0 Å². The van der Waals surface area contributed by atoms with E-state index in [1.807, 2.05) is 13.8 Å². The highest BCUT2D eigenvalue weighted by molar-refractivity contribution is 5.64. The molecule has 4 heteroatoms. The summed E-state index contributed by atoms with van der Waals surface area (Å²) in [5.41, 5.74) is 7.43. The molecule has 2 aromatic carbocycles. The zero-order valence-corrected chi connectivity index (χ0v) is 27.6. The molecule has 228 valence electrons. The lowest BCUT2D eigenvalue weighted by Gasteiger charge is -2.39. The van der Waals surface area contributed by atoms with Gasteiger partial charge in [0.25, 0.3) is 0 Å². The normalized spacial score (nSPS) is 22.0. The number of ether oxygens (including phenoxy) is 2. The van der Waals surface area contributed by atoms with Crippen LogP contribution in [0.2, 0.25) is 0 Å². The number of phenols is 2. The fourth-order valence-electron chi connectivity index (χ4n) is 7.02. The third kappa shape index (κ3) is 6.52. The Morgan fingerprint density at radius 2 is 1.00 bits per heavy atom. The van der Waals surface area contributed by atoms with Crippen LogP contribution in [0, 0.1) is 39.5 Å². The molecule has 2 heterocycles. The fourth-order valence-corrected chi connectivity index (χ4v) is 7.02. The first kappa shape index (κ1) is 31.6. The second-order valence-corrected chi connectivity index (χ2v) is 14.6. The molecule has 4 nitrogen and oxygen atoms in total. The molecule has 0 saturated carbocycles. The highest BCUT2D eigenvalue weighted by Crippen LogP contribution is 2.49. The van der Waals surface area contributed by atoms with Crippen LogP contribution in [0.5, 0.6) is 23.0 Å². The first-order valence-corrected chi connectivity index (χ1v) is 16.2. The summed E-state index contributed by atoms with van der Waals surface area (Å²) < 4.78 is 13.6. The minimum atomic E-state index is -0.192. The quantitative estimate of drug-likeness (QED) is 0.301. The van der Waals surface area contributed by atoms with Crippen LogP contribution in [0.25, 0.3) is 0 Å². The second kappa shape index (κ2) is 12.1. The van der Waals surface area contributed by atoms with Crippen molar-refractivity contribution in [3.05, 3.63) is 44.5 Å². The van der Waals surface area contributed by atoms with E-state index in [1.54, 1.807) is 0 Å². The molecule has 4 rings (SSSR count). The Balaban J connectivity index is 1.70. The third-order valence-corrected chi connectivity index (χ3v) is 10.2. The van der Waals surface area contributed by atoms with Gasteiger partial charge in [0.1, 0.15) is 34.2 Å². The van der Waals surface area contributed by atoms with Gasteiger partial charge in [0.2, 0.25) is 0 Å². The molecule has 0 aromatic heterocycles. The van der Waals surface area contributed by atoms with E-state index >= 15 is 0 Å². The van der Waals surface area contributed by atoms with Crippen molar-refractivity contribution < 1.29 is 19.7 Å². The van der Waals surface area contributed by atoms with Crippen molar-refractivity contribution in [1.29, 1.82) is 0 Å². The van der Waals surface area contributed by atoms with E-state index in [9.17, 15) is 10.2 Å². The van der Waals surface area contributed by atoms with Crippen molar-refractivity contribution in [3.8, 4) is 23.0 Å². The molecule has 2 atom stereocenters. The Morgan fingerprint density at radius 3 is 1.34 bits per heavy atom. The summed E-state index contributed by atoms with van der Waals surface area (Å²) in [4.78, 5) is 0. The van der Waals surface area contributed by atoms with Gasteiger partial charge in [-0.15, -0.1) is 0 Å². The Kier molecular flexibility index (Phi) is 9.31. The van der Waals surface area contributed by atoms with Gasteiger partial charge in [-0.2, -0.15) is 0 Å². The molecule has 0 bridgehead atoms.